The van der Waals surface area contributed by atoms with E-state index in [1.54, 1.807) is 23.9 Å². The van der Waals surface area contributed by atoms with Gasteiger partial charge in [-0.05, 0) is 28.4 Å². The zero-order valence-electron chi connectivity index (χ0n) is 10.4. The third kappa shape index (κ3) is 3.68. The van der Waals surface area contributed by atoms with Crippen LogP contribution in [0.25, 0.3) is 0 Å². The van der Waals surface area contributed by atoms with Gasteiger partial charge in [-0.15, -0.1) is 0 Å². The van der Waals surface area contributed by atoms with Gasteiger partial charge in [0.1, 0.15) is 0 Å². The molecular formula is C12H14BrN3O3. The number of furan rings is 1. The second-order valence-electron chi connectivity index (χ2n) is 3.87. The van der Waals surface area contributed by atoms with Gasteiger partial charge in [0.05, 0.1) is 11.8 Å². The van der Waals surface area contributed by atoms with Crippen molar-refractivity contribution < 1.29 is 13.9 Å². The second-order valence-corrected chi connectivity index (χ2v) is 4.59. The molecule has 0 spiro atoms. The van der Waals surface area contributed by atoms with Crippen LogP contribution in [0.1, 0.15) is 16.8 Å². The third-order valence-electron chi connectivity index (χ3n) is 2.48. The molecule has 0 saturated carbocycles. The largest absolute Gasteiger partial charge is 0.457 e. The van der Waals surface area contributed by atoms with Crippen molar-refractivity contribution in [2.24, 2.45) is 0 Å². The number of anilines is 1. The smallest absolute Gasteiger partial charge is 0.261 e. The van der Waals surface area contributed by atoms with Gasteiger partial charge >= 0.3 is 0 Å². The Labute approximate surface area is 118 Å². The molecule has 0 fully saturated rings. The standard InChI is InChI=1S/C12H14BrN3O3/c1-18-7-2-5-16-6-3-10(15-16)14-12(17)9-4-8-19-11(9)13/h3-4,6,8H,2,5,7H2,1H3,(H,14,15,17). The van der Waals surface area contributed by atoms with Gasteiger partial charge in [-0.1, -0.05) is 0 Å². The van der Waals surface area contributed by atoms with E-state index in [9.17, 15) is 4.79 Å². The predicted octanol–water partition coefficient (Wildman–Crippen LogP) is 2.53. The highest BCUT2D eigenvalue weighted by atomic mass is 79.9. The van der Waals surface area contributed by atoms with Gasteiger partial charge in [-0.3, -0.25) is 9.48 Å². The van der Waals surface area contributed by atoms with Crippen LogP contribution >= 0.6 is 15.9 Å². The van der Waals surface area contributed by atoms with E-state index in [1.165, 1.54) is 6.26 Å². The molecule has 7 heteroatoms. The van der Waals surface area contributed by atoms with Gasteiger partial charge in [0.2, 0.25) is 0 Å². The molecule has 0 saturated heterocycles. The maximum Gasteiger partial charge on any atom is 0.261 e. The number of nitrogens with one attached hydrogen (secondary N) is 1. The lowest BCUT2D eigenvalue weighted by Gasteiger charge is -2.01. The van der Waals surface area contributed by atoms with E-state index in [0.717, 1.165) is 13.0 Å². The molecule has 0 radical (unpaired) electrons. The van der Waals surface area contributed by atoms with Gasteiger partial charge < -0.3 is 14.5 Å². The fraction of sp³-hybridized carbons (Fsp3) is 0.333. The Hall–Kier alpha value is -1.60. The van der Waals surface area contributed by atoms with Crippen LogP contribution in [0, 0.1) is 0 Å². The lowest BCUT2D eigenvalue weighted by molar-refractivity contribution is 0.102. The summed E-state index contributed by atoms with van der Waals surface area (Å²) in [6, 6.07) is 3.34. The van der Waals surface area contributed by atoms with Gasteiger partial charge in [0, 0.05) is 32.5 Å². The van der Waals surface area contributed by atoms with Crippen molar-refractivity contribution in [3.05, 3.63) is 34.8 Å². The number of methoxy groups -OCH3 is 1. The van der Waals surface area contributed by atoms with E-state index >= 15 is 0 Å². The lowest BCUT2D eigenvalue weighted by Crippen LogP contribution is -2.12. The van der Waals surface area contributed by atoms with E-state index in [0.29, 0.717) is 22.7 Å². The van der Waals surface area contributed by atoms with Gasteiger partial charge in [0.15, 0.2) is 10.5 Å². The van der Waals surface area contributed by atoms with E-state index in [4.69, 9.17) is 9.15 Å². The second kappa shape index (κ2) is 6.53. The molecule has 2 rings (SSSR count). The molecule has 2 heterocycles. The number of carbonyl (C=O) groups is 1. The summed E-state index contributed by atoms with van der Waals surface area (Å²) in [5.74, 6) is 0.248. The highest BCUT2D eigenvalue weighted by molar-refractivity contribution is 9.10. The summed E-state index contributed by atoms with van der Waals surface area (Å²) < 4.78 is 12.2. The molecule has 0 aliphatic heterocycles. The summed E-state index contributed by atoms with van der Waals surface area (Å²) in [6.07, 6.45) is 4.14. The minimum absolute atomic E-state index is 0.261. The van der Waals surface area contributed by atoms with Gasteiger partial charge in [-0.25, -0.2) is 0 Å². The highest BCUT2D eigenvalue weighted by Gasteiger charge is 2.13. The summed E-state index contributed by atoms with van der Waals surface area (Å²) in [7, 11) is 1.66. The predicted molar refractivity (Wildman–Crippen MR) is 73.1 cm³/mol. The molecule has 0 aromatic carbocycles. The summed E-state index contributed by atoms with van der Waals surface area (Å²) in [4.78, 5) is 11.9. The van der Waals surface area contributed by atoms with E-state index < -0.39 is 0 Å². The van der Waals surface area contributed by atoms with E-state index in [2.05, 4.69) is 26.3 Å². The monoisotopic (exact) mass is 327 g/mol. The SMILES string of the molecule is COCCCn1ccc(NC(=O)c2ccoc2Br)n1. The number of hydrogen-bond acceptors (Lipinski definition) is 4. The molecule has 2 aromatic heterocycles. The fourth-order valence-corrected chi connectivity index (χ4v) is 1.98. The lowest BCUT2D eigenvalue weighted by atomic mass is 10.3. The molecule has 1 N–H and O–H groups in total. The van der Waals surface area contributed by atoms with Crippen LogP contribution in [0.15, 0.2) is 33.7 Å². The zero-order valence-corrected chi connectivity index (χ0v) is 12.0. The Bertz CT molecular complexity index is 550. The van der Waals surface area contributed by atoms with Crippen molar-refractivity contribution in [3.8, 4) is 0 Å². The van der Waals surface area contributed by atoms with Crippen molar-refractivity contribution in [1.82, 2.24) is 9.78 Å². The maximum absolute atomic E-state index is 11.9. The van der Waals surface area contributed by atoms with Crippen LogP contribution in [0.2, 0.25) is 0 Å². The summed E-state index contributed by atoms with van der Waals surface area (Å²) in [6.45, 7) is 1.43. The van der Waals surface area contributed by atoms with E-state index in [1.807, 2.05) is 6.20 Å². The number of nitrogens with zero attached hydrogens (tertiary/aromatic N) is 2. The minimum atomic E-state index is -0.261. The Morgan fingerprint density at radius 1 is 1.58 bits per heavy atom. The number of hydrogen-bond donors (Lipinski definition) is 1. The Morgan fingerprint density at radius 2 is 2.42 bits per heavy atom. The molecule has 2 aromatic rings. The molecule has 0 unspecified atom stereocenters. The molecule has 0 aliphatic rings. The third-order valence-corrected chi connectivity index (χ3v) is 3.09. The van der Waals surface area contributed by atoms with Crippen molar-refractivity contribution in [2.75, 3.05) is 19.0 Å². The van der Waals surface area contributed by atoms with Crippen LogP contribution < -0.4 is 5.32 Å². The maximum atomic E-state index is 11.9. The van der Waals surface area contributed by atoms with Crippen molar-refractivity contribution in [3.63, 3.8) is 0 Å². The number of halogens is 1. The number of aromatic nitrogens is 2. The minimum Gasteiger partial charge on any atom is -0.457 e. The van der Waals surface area contributed by atoms with Crippen LogP contribution in [0.3, 0.4) is 0 Å². The average molecular weight is 328 g/mol. The summed E-state index contributed by atoms with van der Waals surface area (Å²) >= 11 is 3.16. The van der Waals surface area contributed by atoms with Crippen LogP contribution in [-0.2, 0) is 11.3 Å². The molecule has 6 nitrogen and oxygen atoms in total. The van der Waals surface area contributed by atoms with Gasteiger partial charge in [0.25, 0.3) is 5.91 Å². The quantitative estimate of drug-likeness (QED) is 0.828. The Balaban J connectivity index is 1.93. The molecular weight excluding hydrogens is 314 g/mol. The topological polar surface area (TPSA) is 69.3 Å². The molecule has 102 valence electrons. The zero-order chi connectivity index (χ0) is 13.7. The van der Waals surface area contributed by atoms with Gasteiger partial charge in [-0.2, -0.15) is 5.10 Å². The highest BCUT2D eigenvalue weighted by Crippen LogP contribution is 2.18. The molecule has 1 amide bonds. The van der Waals surface area contributed by atoms with E-state index in [-0.39, 0.29) is 5.91 Å². The van der Waals surface area contributed by atoms with Crippen molar-refractivity contribution in [2.45, 2.75) is 13.0 Å². The molecule has 0 aliphatic carbocycles. The first-order valence-electron chi connectivity index (χ1n) is 5.77. The summed E-state index contributed by atoms with van der Waals surface area (Å²) in [5.41, 5.74) is 0.439. The molecule has 0 bridgehead atoms. The Morgan fingerprint density at radius 3 is 3.11 bits per heavy atom. The van der Waals surface area contributed by atoms with Crippen LogP contribution in [-0.4, -0.2) is 29.4 Å². The Kier molecular flexibility index (Phi) is 4.75. The number of ether oxygens (including phenoxy) is 1. The summed E-state index contributed by atoms with van der Waals surface area (Å²) in [5, 5.41) is 6.95. The van der Waals surface area contributed by atoms with Crippen LogP contribution in [0.4, 0.5) is 5.82 Å². The molecule has 0 atom stereocenters. The van der Waals surface area contributed by atoms with Crippen molar-refractivity contribution in [1.29, 1.82) is 0 Å². The number of aryl methyl sites for hydroxylation is 1. The first-order chi connectivity index (χ1) is 9.20. The fourth-order valence-electron chi connectivity index (χ4n) is 1.56. The van der Waals surface area contributed by atoms with Crippen LogP contribution in [0.5, 0.6) is 0 Å². The number of amides is 1. The normalized spacial score (nSPS) is 10.6. The first kappa shape index (κ1) is 13.8. The number of rotatable bonds is 6. The average Bonchev–Trinajstić information content (AvgIpc) is 2.99. The first-order valence-corrected chi connectivity index (χ1v) is 6.56. The van der Waals surface area contributed by atoms with Crippen molar-refractivity contribution >= 4 is 27.7 Å². The number of carbonyl (C=O) groups excluding carboxylic acids is 1. The molecule has 19 heavy (non-hydrogen) atoms.